The molecule has 2 nitrogen and oxygen atoms in total. The van der Waals surface area contributed by atoms with E-state index in [1.54, 1.807) is 0 Å². The Kier molecular flexibility index (Phi) is 3.43. The lowest BCUT2D eigenvalue weighted by molar-refractivity contribution is 0.00743. The van der Waals surface area contributed by atoms with Crippen LogP contribution in [0.3, 0.4) is 0 Å². The molecule has 14 heavy (non-hydrogen) atoms. The minimum Gasteiger partial charge on any atom is -0.488 e. The standard InChI is InChI=1S/C11H13BrO2/c12-9-3-5-10(6-4-9)14-11-2-1-7-13-8-11/h3-6,11H,1-2,7-8H2. The van der Waals surface area contributed by atoms with Gasteiger partial charge in [-0.1, -0.05) is 15.9 Å². The fraction of sp³-hybridized carbons (Fsp3) is 0.455. The highest BCUT2D eigenvalue weighted by Gasteiger charge is 2.14. The molecule has 0 spiro atoms. The molecule has 1 heterocycles. The van der Waals surface area contributed by atoms with E-state index in [0.29, 0.717) is 0 Å². The number of benzene rings is 1. The summed E-state index contributed by atoms with van der Waals surface area (Å²) >= 11 is 3.39. The summed E-state index contributed by atoms with van der Waals surface area (Å²) in [6.45, 7) is 1.59. The molecule has 0 radical (unpaired) electrons. The zero-order valence-corrected chi connectivity index (χ0v) is 9.50. The van der Waals surface area contributed by atoms with Gasteiger partial charge in [0.05, 0.1) is 6.61 Å². The maximum Gasteiger partial charge on any atom is 0.122 e. The quantitative estimate of drug-likeness (QED) is 0.810. The molecule has 1 aromatic rings. The number of hydrogen-bond acceptors (Lipinski definition) is 2. The molecular formula is C11H13BrO2. The van der Waals surface area contributed by atoms with E-state index in [4.69, 9.17) is 9.47 Å². The Bertz CT molecular complexity index is 278. The molecule has 76 valence electrons. The van der Waals surface area contributed by atoms with Crippen LogP contribution in [0.5, 0.6) is 5.75 Å². The third-order valence-corrected chi connectivity index (χ3v) is 2.76. The first-order chi connectivity index (χ1) is 6.84. The third-order valence-electron chi connectivity index (χ3n) is 2.23. The van der Waals surface area contributed by atoms with Crippen molar-refractivity contribution in [3.05, 3.63) is 28.7 Å². The van der Waals surface area contributed by atoms with Gasteiger partial charge in [-0.25, -0.2) is 0 Å². The second-order valence-corrected chi connectivity index (χ2v) is 4.33. The minimum absolute atomic E-state index is 0.227. The monoisotopic (exact) mass is 256 g/mol. The van der Waals surface area contributed by atoms with Gasteiger partial charge in [0, 0.05) is 11.1 Å². The third kappa shape index (κ3) is 2.72. The van der Waals surface area contributed by atoms with E-state index < -0.39 is 0 Å². The second-order valence-electron chi connectivity index (χ2n) is 3.41. The van der Waals surface area contributed by atoms with Crippen molar-refractivity contribution in [1.82, 2.24) is 0 Å². The Balaban J connectivity index is 1.92. The molecule has 0 N–H and O–H groups in total. The molecule has 1 atom stereocenters. The highest BCUT2D eigenvalue weighted by atomic mass is 79.9. The molecule has 1 fully saturated rings. The molecule has 0 saturated carbocycles. The van der Waals surface area contributed by atoms with Gasteiger partial charge in [-0.3, -0.25) is 0 Å². The van der Waals surface area contributed by atoms with Gasteiger partial charge in [0.2, 0.25) is 0 Å². The van der Waals surface area contributed by atoms with Crippen molar-refractivity contribution in [3.8, 4) is 5.75 Å². The molecular weight excluding hydrogens is 244 g/mol. The highest BCUT2D eigenvalue weighted by Crippen LogP contribution is 2.19. The lowest BCUT2D eigenvalue weighted by atomic mass is 10.2. The average molecular weight is 257 g/mol. The Morgan fingerprint density at radius 2 is 2.07 bits per heavy atom. The van der Waals surface area contributed by atoms with E-state index in [-0.39, 0.29) is 6.10 Å². The average Bonchev–Trinajstić information content (AvgIpc) is 2.23. The van der Waals surface area contributed by atoms with Gasteiger partial charge in [-0.05, 0) is 37.1 Å². The van der Waals surface area contributed by atoms with E-state index in [2.05, 4.69) is 15.9 Å². The summed E-state index contributed by atoms with van der Waals surface area (Å²) in [4.78, 5) is 0. The van der Waals surface area contributed by atoms with E-state index in [9.17, 15) is 0 Å². The van der Waals surface area contributed by atoms with Crippen LogP contribution in [-0.4, -0.2) is 19.3 Å². The SMILES string of the molecule is Brc1ccc(OC2CCCOC2)cc1. The zero-order valence-electron chi connectivity index (χ0n) is 7.91. The molecule has 1 unspecified atom stereocenters. The number of rotatable bonds is 2. The Morgan fingerprint density at radius 3 is 2.71 bits per heavy atom. The molecule has 3 heteroatoms. The van der Waals surface area contributed by atoms with Crippen molar-refractivity contribution in [2.45, 2.75) is 18.9 Å². The van der Waals surface area contributed by atoms with Crippen LogP contribution in [0.1, 0.15) is 12.8 Å². The van der Waals surface area contributed by atoms with Crippen molar-refractivity contribution in [1.29, 1.82) is 0 Å². The van der Waals surface area contributed by atoms with Gasteiger partial charge < -0.3 is 9.47 Å². The number of halogens is 1. The smallest absolute Gasteiger partial charge is 0.122 e. The van der Waals surface area contributed by atoms with Crippen LogP contribution in [0.4, 0.5) is 0 Å². The highest BCUT2D eigenvalue weighted by molar-refractivity contribution is 9.10. The minimum atomic E-state index is 0.227. The van der Waals surface area contributed by atoms with Crippen molar-refractivity contribution in [3.63, 3.8) is 0 Å². The maximum atomic E-state index is 5.76. The Labute approximate surface area is 92.3 Å². The van der Waals surface area contributed by atoms with Gasteiger partial charge in [0.25, 0.3) is 0 Å². The van der Waals surface area contributed by atoms with Crippen LogP contribution in [-0.2, 0) is 4.74 Å². The Morgan fingerprint density at radius 1 is 1.29 bits per heavy atom. The van der Waals surface area contributed by atoms with E-state index >= 15 is 0 Å². The van der Waals surface area contributed by atoms with Crippen LogP contribution in [0.15, 0.2) is 28.7 Å². The first kappa shape index (κ1) is 9.99. The number of hydrogen-bond donors (Lipinski definition) is 0. The predicted molar refractivity (Wildman–Crippen MR) is 58.6 cm³/mol. The van der Waals surface area contributed by atoms with Crippen LogP contribution in [0.2, 0.25) is 0 Å². The molecule has 0 aliphatic carbocycles. The van der Waals surface area contributed by atoms with Gasteiger partial charge in [-0.15, -0.1) is 0 Å². The molecule has 1 aliphatic heterocycles. The lowest BCUT2D eigenvalue weighted by Gasteiger charge is -2.23. The van der Waals surface area contributed by atoms with Crippen LogP contribution in [0.25, 0.3) is 0 Å². The van der Waals surface area contributed by atoms with Crippen molar-refractivity contribution in [2.24, 2.45) is 0 Å². The maximum absolute atomic E-state index is 5.76. The van der Waals surface area contributed by atoms with Crippen molar-refractivity contribution >= 4 is 15.9 Å². The van der Waals surface area contributed by atoms with Crippen molar-refractivity contribution in [2.75, 3.05) is 13.2 Å². The summed E-state index contributed by atoms with van der Waals surface area (Å²) in [5, 5.41) is 0. The van der Waals surface area contributed by atoms with Gasteiger partial charge in [0.15, 0.2) is 0 Å². The number of ether oxygens (including phenoxy) is 2. The molecule has 0 bridgehead atoms. The molecule has 0 amide bonds. The molecule has 1 saturated heterocycles. The van der Waals surface area contributed by atoms with Gasteiger partial charge >= 0.3 is 0 Å². The largest absolute Gasteiger partial charge is 0.488 e. The van der Waals surface area contributed by atoms with Gasteiger partial charge in [0.1, 0.15) is 11.9 Å². The lowest BCUT2D eigenvalue weighted by Crippen LogP contribution is -2.27. The van der Waals surface area contributed by atoms with Gasteiger partial charge in [-0.2, -0.15) is 0 Å². The van der Waals surface area contributed by atoms with E-state index in [1.807, 2.05) is 24.3 Å². The fourth-order valence-corrected chi connectivity index (χ4v) is 1.77. The van der Waals surface area contributed by atoms with Crippen LogP contribution < -0.4 is 4.74 Å². The molecule has 1 aliphatic rings. The van der Waals surface area contributed by atoms with E-state index in [1.165, 1.54) is 0 Å². The summed E-state index contributed by atoms with van der Waals surface area (Å²) in [6.07, 6.45) is 2.42. The first-order valence-electron chi connectivity index (χ1n) is 4.84. The summed E-state index contributed by atoms with van der Waals surface area (Å²) in [5.41, 5.74) is 0. The first-order valence-corrected chi connectivity index (χ1v) is 5.64. The second kappa shape index (κ2) is 4.80. The fourth-order valence-electron chi connectivity index (χ4n) is 1.51. The predicted octanol–water partition coefficient (Wildman–Crippen LogP) is 3.01. The summed E-state index contributed by atoms with van der Waals surface area (Å²) < 4.78 is 12.2. The zero-order chi connectivity index (χ0) is 9.80. The summed E-state index contributed by atoms with van der Waals surface area (Å²) in [7, 11) is 0. The molecule has 2 rings (SSSR count). The molecule has 0 aromatic heterocycles. The topological polar surface area (TPSA) is 18.5 Å². The summed E-state index contributed by atoms with van der Waals surface area (Å²) in [6, 6.07) is 7.91. The van der Waals surface area contributed by atoms with E-state index in [0.717, 1.165) is 36.3 Å². The Hall–Kier alpha value is -0.540. The normalized spacial score (nSPS) is 21.9. The van der Waals surface area contributed by atoms with Crippen molar-refractivity contribution < 1.29 is 9.47 Å². The summed E-state index contributed by atoms with van der Waals surface area (Å²) in [5.74, 6) is 0.920. The van der Waals surface area contributed by atoms with Crippen LogP contribution >= 0.6 is 15.9 Å². The van der Waals surface area contributed by atoms with Crippen LogP contribution in [0, 0.1) is 0 Å². The molecule has 1 aromatic carbocycles.